The number of ether oxygens (including phenoxy) is 1. The van der Waals surface area contributed by atoms with E-state index in [9.17, 15) is 4.79 Å². The van der Waals surface area contributed by atoms with Crippen LogP contribution in [0.1, 0.15) is 35.6 Å². The lowest BCUT2D eigenvalue weighted by atomic mass is 10.1. The first kappa shape index (κ1) is 18.9. The molecule has 1 amide bonds. The lowest BCUT2D eigenvalue weighted by molar-refractivity contribution is 0.0718. The molecule has 148 valence electrons. The molecule has 0 bridgehead atoms. The van der Waals surface area contributed by atoms with Gasteiger partial charge in [-0.2, -0.15) is 0 Å². The van der Waals surface area contributed by atoms with Crippen LogP contribution >= 0.6 is 0 Å². The van der Waals surface area contributed by atoms with Gasteiger partial charge >= 0.3 is 0 Å². The van der Waals surface area contributed by atoms with E-state index in [2.05, 4.69) is 15.3 Å². The first-order valence-electron chi connectivity index (χ1n) is 9.92. The normalized spacial score (nSPS) is 13.8. The maximum atomic E-state index is 12.8. The van der Waals surface area contributed by atoms with Gasteiger partial charge in [0.25, 0.3) is 5.91 Å². The average molecular weight is 388 g/mol. The number of hydrogen-bond donors (Lipinski definition) is 1. The summed E-state index contributed by atoms with van der Waals surface area (Å²) in [6.07, 6.45) is 3.29. The first-order valence-corrected chi connectivity index (χ1v) is 9.92. The van der Waals surface area contributed by atoms with Crippen LogP contribution in [0, 0.1) is 6.92 Å². The van der Waals surface area contributed by atoms with Crippen molar-refractivity contribution in [2.24, 2.45) is 0 Å². The smallest absolute Gasteiger partial charge is 0.272 e. The molecule has 0 saturated carbocycles. The van der Waals surface area contributed by atoms with E-state index in [1.165, 1.54) is 6.42 Å². The maximum Gasteiger partial charge on any atom is 0.272 e. The SMILES string of the molecule is Cc1nc(Nc2ccc(Oc3ccccc3)cc2)cc(C(=O)N2CCCCC2)n1. The minimum Gasteiger partial charge on any atom is -0.457 e. The van der Waals surface area contributed by atoms with E-state index in [4.69, 9.17) is 4.74 Å². The number of nitrogens with zero attached hydrogens (tertiary/aromatic N) is 3. The van der Waals surface area contributed by atoms with E-state index < -0.39 is 0 Å². The third-order valence-electron chi connectivity index (χ3n) is 4.81. The van der Waals surface area contributed by atoms with Crippen molar-refractivity contribution in [3.8, 4) is 11.5 Å². The molecule has 1 N–H and O–H groups in total. The number of benzene rings is 2. The monoisotopic (exact) mass is 388 g/mol. The lowest BCUT2D eigenvalue weighted by Gasteiger charge is -2.26. The third-order valence-corrected chi connectivity index (χ3v) is 4.81. The molecular formula is C23H24N4O2. The van der Waals surface area contributed by atoms with Crippen LogP contribution in [0.2, 0.25) is 0 Å². The number of hydrogen-bond acceptors (Lipinski definition) is 5. The van der Waals surface area contributed by atoms with Crippen molar-refractivity contribution in [1.82, 2.24) is 14.9 Å². The Morgan fingerprint density at radius 3 is 2.34 bits per heavy atom. The highest BCUT2D eigenvalue weighted by atomic mass is 16.5. The van der Waals surface area contributed by atoms with Gasteiger partial charge in [0.1, 0.15) is 28.8 Å². The summed E-state index contributed by atoms with van der Waals surface area (Å²) in [4.78, 5) is 23.4. The fourth-order valence-electron chi connectivity index (χ4n) is 3.38. The number of carbonyl (C=O) groups is 1. The molecule has 29 heavy (non-hydrogen) atoms. The fourth-order valence-corrected chi connectivity index (χ4v) is 3.38. The summed E-state index contributed by atoms with van der Waals surface area (Å²) < 4.78 is 5.82. The van der Waals surface area contributed by atoms with E-state index in [0.717, 1.165) is 43.1 Å². The molecular weight excluding hydrogens is 364 g/mol. The van der Waals surface area contributed by atoms with Crippen LogP contribution in [0.4, 0.5) is 11.5 Å². The molecule has 2 aromatic carbocycles. The zero-order valence-corrected chi connectivity index (χ0v) is 16.5. The van der Waals surface area contributed by atoms with E-state index in [0.29, 0.717) is 17.3 Å². The van der Waals surface area contributed by atoms with Gasteiger partial charge in [0.2, 0.25) is 0 Å². The van der Waals surface area contributed by atoms with Crippen molar-refractivity contribution in [3.05, 3.63) is 72.2 Å². The number of anilines is 2. The van der Waals surface area contributed by atoms with Crippen molar-refractivity contribution >= 4 is 17.4 Å². The molecule has 6 heteroatoms. The van der Waals surface area contributed by atoms with Crippen LogP contribution in [-0.4, -0.2) is 33.9 Å². The Hall–Kier alpha value is -3.41. The summed E-state index contributed by atoms with van der Waals surface area (Å²) >= 11 is 0. The van der Waals surface area contributed by atoms with Crippen molar-refractivity contribution < 1.29 is 9.53 Å². The van der Waals surface area contributed by atoms with Crippen LogP contribution in [0.3, 0.4) is 0 Å². The summed E-state index contributed by atoms with van der Waals surface area (Å²) in [6, 6.07) is 19.0. The summed E-state index contributed by atoms with van der Waals surface area (Å²) in [5, 5.41) is 3.26. The molecule has 0 unspecified atom stereocenters. The van der Waals surface area contributed by atoms with Gasteiger partial charge in [-0.05, 0) is 62.6 Å². The minimum absolute atomic E-state index is 0.0233. The summed E-state index contributed by atoms with van der Waals surface area (Å²) in [5.74, 6) is 2.70. The Morgan fingerprint density at radius 2 is 1.62 bits per heavy atom. The third kappa shape index (κ3) is 4.90. The maximum absolute atomic E-state index is 12.8. The number of amides is 1. The Morgan fingerprint density at radius 1 is 0.931 bits per heavy atom. The lowest BCUT2D eigenvalue weighted by Crippen LogP contribution is -2.36. The van der Waals surface area contributed by atoms with Crippen LogP contribution in [-0.2, 0) is 0 Å². The van der Waals surface area contributed by atoms with Gasteiger partial charge in [0, 0.05) is 24.8 Å². The predicted molar refractivity (Wildman–Crippen MR) is 113 cm³/mol. The van der Waals surface area contributed by atoms with Crippen LogP contribution < -0.4 is 10.1 Å². The minimum atomic E-state index is -0.0233. The van der Waals surface area contributed by atoms with E-state index in [-0.39, 0.29) is 5.91 Å². The predicted octanol–water partition coefficient (Wildman–Crippen LogP) is 4.95. The quantitative estimate of drug-likeness (QED) is 0.670. The molecule has 4 rings (SSSR count). The Kier molecular flexibility index (Phi) is 5.70. The second-order valence-corrected chi connectivity index (χ2v) is 7.10. The number of piperidine rings is 1. The Balaban J connectivity index is 1.46. The second kappa shape index (κ2) is 8.73. The molecule has 1 aliphatic rings. The van der Waals surface area contributed by atoms with Gasteiger partial charge in [0.15, 0.2) is 0 Å². The Labute approximate surface area is 170 Å². The van der Waals surface area contributed by atoms with Gasteiger partial charge in [-0.1, -0.05) is 18.2 Å². The van der Waals surface area contributed by atoms with Crippen molar-refractivity contribution in [3.63, 3.8) is 0 Å². The molecule has 2 heterocycles. The van der Waals surface area contributed by atoms with E-state index in [1.54, 1.807) is 13.0 Å². The first-order chi connectivity index (χ1) is 14.2. The highest BCUT2D eigenvalue weighted by molar-refractivity contribution is 5.93. The van der Waals surface area contributed by atoms with Gasteiger partial charge in [-0.15, -0.1) is 0 Å². The highest BCUT2D eigenvalue weighted by Gasteiger charge is 2.20. The van der Waals surface area contributed by atoms with Crippen LogP contribution in [0.15, 0.2) is 60.7 Å². The molecule has 0 atom stereocenters. The number of likely N-dealkylation sites (tertiary alicyclic amines) is 1. The summed E-state index contributed by atoms with van der Waals surface area (Å²) in [5.41, 5.74) is 1.30. The number of nitrogens with one attached hydrogen (secondary N) is 1. The van der Waals surface area contributed by atoms with Crippen LogP contribution in [0.5, 0.6) is 11.5 Å². The molecule has 1 saturated heterocycles. The molecule has 1 aliphatic heterocycles. The number of aryl methyl sites for hydroxylation is 1. The van der Waals surface area contributed by atoms with Crippen molar-refractivity contribution in [2.45, 2.75) is 26.2 Å². The van der Waals surface area contributed by atoms with Gasteiger partial charge in [-0.25, -0.2) is 9.97 Å². The zero-order chi connectivity index (χ0) is 20.1. The van der Waals surface area contributed by atoms with E-state index >= 15 is 0 Å². The molecule has 6 nitrogen and oxygen atoms in total. The van der Waals surface area contributed by atoms with Gasteiger partial charge in [-0.3, -0.25) is 4.79 Å². The van der Waals surface area contributed by atoms with Crippen LogP contribution in [0.25, 0.3) is 0 Å². The fraction of sp³-hybridized carbons (Fsp3) is 0.261. The number of carbonyl (C=O) groups excluding carboxylic acids is 1. The van der Waals surface area contributed by atoms with Gasteiger partial charge < -0.3 is 15.0 Å². The van der Waals surface area contributed by atoms with Gasteiger partial charge in [0.05, 0.1) is 0 Å². The molecule has 1 fully saturated rings. The molecule has 0 radical (unpaired) electrons. The number of para-hydroxylation sites is 1. The number of aromatic nitrogens is 2. The standard InChI is InChI=1S/C23H24N4O2/c1-17-24-21(23(28)27-14-6-3-7-15-27)16-22(25-17)26-18-10-12-20(13-11-18)29-19-8-4-2-5-9-19/h2,4-5,8-13,16H,3,6-7,14-15H2,1H3,(H,24,25,26). The highest BCUT2D eigenvalue weighted by Crippen LogP contribution is 2.24. The average Bonchev–Trinajstić information content (AvgIpc) is 2.75. The van der Waals surface area contributed by atoms with Crippen molar-refractivity contribution in [2.75, 3.05) is 18.4 Å². The molecule has 0 aliphatic carbocycles. The Bertz CT molecular complexity index is 968. The number of rotatable bonds is 5. The summed E-state index contributed by atoms with van der Waals surface area (Å²) in [6.45, 7) is 3.40. The largest absolute Gasteiger partial charge is 0.457 e. The zero-order valence-electron chi connectivity index (χ0n) is 16.5. The molecule has 0 spiro atoms. The summed E-state index contributed by atoms with van der Waals surface area (Å²) in [7, 11) is 0. The topological polar surface area (TPSA) is 67.4 Å². The molecule has 1 aromatic heterocycles. The van der Waals surface area contributed by atoms with E-state index in [1.807, 2.05) is 59.5 Å². The van der Waals surface area contributed by atoms with Crippen molar-refractivity contribution in [1.29, 1.82) is 0 Å². The molecule has 3 aromatic rings. The second-order valence-electron chi connectivity index (χ2n) is 7.10.